The summed E-state index contributed by atoms with van der Waals surface area (Å²) in [4.78, 5) is 0. The zero-order valence-corrected chi connectivity index (χ0v) is 10.9. The smallest absolute Gasteiger partial charge is 0.0283 e. The summed E-state index contributed by atoms with van der Waals surface area (Å²) in [6.07, 6.45) is 6.57. The molecule has 1 N–H and O–H groups in total. The first-order chi connectivity index (χ1) is 6.88. The summed E-state index contributed by atoms with van der Waals surface area (Å²) in [6.45, 7) is 13.3. The zero-order valence-electron chi connectivity index (χ0n) is 10.9. The van der Waals surface area contributed by atoms with Gasteiger partial charge >= 0.3 is 0 Å². The third-order valence-corrected chi connectivity index (χ3v) is 3.24. The average molecular weight is 209 g/mol. The first-order valence-corrected chi connectivity index (χ1v) is 6.33. The molecule has 0 heterocycles. The molecule has 1 saturated carbocycles. The fraction of sp³-hybridized carbons (Fsp3) is 0.857. The lowest BCUT2D eigenvalue weighted by atomic mass is 9.85. The van der Waals surface area contributed by atoms with Gasteiger partial charge in [0, 0.05) is 11.7 Å². The highest BCUT2D eigenvalue weighted by Crippen LogP contribution is 2.27. The number of rotatable bonds is 3. The largest absolute Gasteiger partial charge is 0.386 e. The van der Waals surface area contributed by atoms with Gasteiger partial charge in [-0.15, -0.1) is 0 Å². The van der Waals surface area contributed by atoms with Gasteiger partial charge in [-0.25, -0.2) is 0 Å². The van der Waals surface area contributed by atoms with Crippen LogP contribution in [0.3, 0.4) is 0 Å². The maximum Gasteiger partial charge on any atom is 0.0283 e. The molecule has 0 radical (unpaired) electrons. The van der Waals surface area contributed by atoms with Crippen LogP contribution in [-0.4, -0.2) is 6.04 Å². The zero-order chi connectivity index (χ0) is 11.5. The van der Waals surface area contributed by atoms with Crippen LogP contribution in [0.25, 0.3) is 0 Å². The fourth-order valence-corrected chi connectivity index (χ4v) is 2.48. The van der Waals surface area contributed by atoms with Crippen molar-refractivity contribution in [2.45, 2.75) is 65.8 Å². The summed E-state index contributed by atoms with van der Waals surface area (Å²) >= 11 is 0. The van der Waals surface area contributed by atoms with Crippen LogP contribution in [-0.2, 0) is 0 Å². The Labute approximate surface area is 95.3 Å². The van der Waals surface area contributed by atoms with Crippen LogP contribution < -0.4 is 5.32 Å². The second-order valence-electron chi connectivity index (χ2n) is 6.35. The van der Waals surface area contributed by atoms with Gasteiger partial charge in [0.1, 0.15) is 0 Å². The molecule has 0 saturated heterocycles. The molecule has 0 aliphatic heterocycles. The van der Waals surface area contributed by atoms with Gasteiger partial charge in [-0.3, -0.25) is 0 Å². The van der Waals surface area contributed by atoms with Crippen molar-refractivity contribution < 1.29 is 0 Å². The van der Waals surface area contributed by atoms with Crippen LogP contribution in [0.2, 0.25) is 0 Å². The predicted octanol–water partition coefficient (Wildman–Crippen LogP) is 4.10. The van der Waals surface area contributed by atoms with Gasteiger partial charge in [-0.05, 0) is 30.6 Å². The summed E-state index contributed by atoms with van der Waals surface area (Å²) in [7, 11) is 0. The van der Waals surface area contributed by atoms with E-state index in [0.29, 0.717) is 11.5 Å². The van der Waals surface area contributed by atoms with E-state index in [0.717, 1.165) is 12.3 Å². The summed E-state index contributed by atoms with van der Waals surface area (Å²) in [5, 5.41) is 3.63. The SMILES string of the molecule is C=C(CC(C)(C)C)NC1CCCCC1C. The minimum Gasteiger partial charge on any atom is -0.386 e. The molecule has 1 fully saturated rings. The second-order valence-corrected chi connectivity index (χ2v) is 6.35. The van der Waals surface area contributed by atoms with Crippen LogP contribution in [0.4, 0.5) is 0 Å². The second kappa shape index (κ2) is 5.05. The monoisotopic (exact) mass is 209 g/mol. The first kappa shape index (κ1) is 12.6. The molecule has 0 aromatic carbocycles. The van der Waals surface area contributed by atoms with Crippen LogP contribution in [0, 0.1) is 11.3 Å². The Morgan fingerprint density at radius 1 is 1.27 bits per heavy atom. The van der Waals surface area contributed by atoms with Crippen LogP contribution >= 0.6 is 0 Å². The van der Waals surface area contributed by atoms with E-state index in [1.165, 1.54) is 31.4 Å². The van der Waals surface area contributed by atoms with E-state index < -0.39 is 0 Å². The summed E-state index contributed by atoms with van der Waals surface area (Å²) in [5.74, 6) is 0.815. The van der Waals surface area contributed by atoms with Crippen molar-refractivity contribution in [1.82, 2.24) is 5.32 Å². The van der Waals surface area contributed by atoms with Gasteiger partial charge in [-0.1, -0.05) is 47.1 Å². The minimum atomic E-state index is 0.349. The molecule has 2 unspecified atom stereocenters. The minimum absolute atomic E-state index is 0.349. The molecular formula is C14H27N. The molecular weight excluding hydrogens is 182 g/mol. The predicted molar refractivity (Wildman–Crippen MR) is 67.8 cm³/mol. The van der Waals surface area contributed by atoms with Gasteiger partial charge in [0.15, 0.2) is 0 Å². The van der Waals surface area contributed by atoms with Crippen LogP contribution in [0.1, 0.15) is 59.8 Å². The molecule has 1 aliphatic carbocycles. The van der Waals surface area contributed by atoms with Crippen LogP contribution in [0.15, 0.2) is 12.3 Å². The summed E-state index contributed by atoms with van der Waals surface area (Å²) < 4.78 is 0. The highest BCUT2D eigenvalue weighted by Gasteiger charge is 2.22. The van der Waals surface area contributed by atoms with Gasteiger partial charge in [-0.2, -0.15) is 0 Å². The third-order valence-electron chi connectivity index (χ3n) is 3.24. The fourth-order valence-electron chi connectivity index (χ4n) is 2.48. The molecule has 88 valence electrons. The molecule has 1 aliphatic rings. The highest BCUT2D eigenvalue weighted by molar-refractivity contribution is 4.98. The van der Waals surface area contributed by atoms with Crippen molar-refractivity contribution in [1.29, 1.82) is 0 Å². The maximum absolute atomic E-state index is 4.16. The van der Waals surface area contributed by atoms with E-state index in [9.17, 15) is 0 Å². The Kier molecular flexibility index (Phi) is 4.24. The molecule has 0 aromatic rings. The van der Waals surface area contributed by atoms with E-state index in [1.807, 2.05) is 0 Å². The standard InChI is InChI=1S/C14H27N/c1-11-8-6-7-9-13(11)15-12(2)10-14(3,4)5/h11,13,15H,2,6-10H2,1,3-5H3. The Hall–Kier alpha value is -0.460. The van der Waals surface area contributed by atoms with E-state index >= 15 is 0 Å². The topological polar surface area (TPSA) is 12.0 Å². The van der Waals surface area contributed by atoms with Crippen molar-refractivity contribution in [2.24, 2.45) is 11.3 Å². The van der Waals surface area contributed by atoms with Crippen molar-refractivity contribution in [2.75, 3.05) is 0 Å². The molecule has 1 rings (SSSR count). The average Bonchev–Trinajstić information content (AvgIpc) is 2.05. The molecule has 0 aromatic heterocycles. The molecule has 15 heavy (non-hydrogen) atoms. The lowest BCUT2D eigenvalue weighted by molar-refractivity contribution is 0.285. The van der Waals surface area contributed by atoms with Crippen molar-refractivity contribution >= 4 is 0 Å². The van der Waals surface area contributed by atoms with E-state index in [2.05, 4.69) is 39.6 Å². The quantitative estimate of drug-likeness (QED) is 0.737. The normalized spacial score (nSPS) is 27.5. The van der Waals surface area contributed by atoms with Crippen LogP contribution in [0.5, 0.6) is 0 Å². The molecule has 0 amide bonds. The number of allylic oxidation sites excluding steroid dienone is 1. The van der Waals surface area contributed by atoms with Gasteiger partial charge in [0.05, 0.1) is 0 Å². The summed E-state index contributed by atoms with van der Waals surface area (Å²) in [6, 6.07) is 0.675. The number of hydrogen-bond donors (Lipinski definition) is 1. The third kappa shape index (κ3) is 4.72. The van der Waals surface area contributed by atoms with Gasteiger partial charge in [0.25, 0.3) is 0 Å². The molecule has 2 atom stereocenters. The van der Waals surface area contributed by atoms with Crippen molar-refractivity contribution in [3.8, 4) is 0 Å². The van der Waals surface area contributed by atoms with Crippen molar-refractivity contribution in [3.63, 3.8) is 0 Å². The van der Waals surface area contributed by atoms with E-state index in [-0.39, 0.29) is 0 Å². The molecule has 0 spiro atoms. The first-order valence-electron chi connectivity index (χ1n) is 6.33. The van der Waals surface area contributed by atoms with E-state index in [1.54, 1.807) is 0 Å². The summed E-state index contributed by atoms with van der Waals surface area (Å²) in [5.41, 5.74) is 1.57. The van der Waals surface area contributed by atoms with Crippen molar-refractivity contribution in [3.05, 3.63) is 12.3 Å². The lowest BCUT2D eigenvalue weighted by Crippen LogP contribution is -2.37. The highest BCUT2D eigenvalue weighted by atomic mass is 14.9. The number of hydrogen-bond acceptors (Lipinski definition) is 1. The lowest BCUT2D eigenvalue weighted by Gasteiger charge is -2.32. The molecule has 1 heteroatoms. The Morgan fingerprint density at radius 3 is 2.40 bits per heavy atom. The molecule has 0 bridgehead atoms. The Morgan fingerprint density at radius 2 is 1.87 bits per heavy atom. The Bertz CT molecular complexity index is 212. The van der Waals surface area contributed by atoms with E-state index in [4.69, 9.17) is 0 Å². The van der Waals surface area contributed by atoms with Gasteiger partial charge < -0.3 is 5.32 Å². The van der Waals surface area contributed by atoms with Gasteiger partial charge in [0.2, 0.25) is 0 Å². The molecule has 1 nitrogen and oxygen atoms in total. The Balaban J connectivity index is 2.36. The number of nitrogens with one attached hydrogen (secondary N) is 1. The maximum atomic E-state index is 4.16.